The van der Waals surface area contributed by atoms with E-state index in [1.807, 2.05) is 31.2 Å². The summed E-state index contributed by atoms with van der Waals surface area (Å²) in [6.45, 7) is 5.52. The van der Waals surface area contributed by atoms with Crippen molar-refractivity contribution >= 4 is 11.9 Å². The summed E-state index contributed by atoms with van der Waals surface area (Å²) in [6.07, 6.45) is -0.0804. The number of methoxy groups -OCH3 is 1. The zero-order chi connectivity index (χ0) is 17.4. The highest BCUT2D eigenvalue weighted by atomic mass is 16.5. The van der Waals surface area contributed by atoms with Gasteiger partial charge in [-0.05, 0) is 30.5 Å². The SMILES string of the molecule is CC[C@H](C)[C@H](NC(=O)C(C)OCc1cccc(OC)c1)C(=O)O. The smallest absolute Gasteiger partial charge is 0.326 e. The molecule has 1 unspecified atom stereocenters. The molecule has 6 heteroatoms. The molecular weight excluding hydrogens is 298 g/mol. The average Bonchev–Trinajstić information content (AvgIpc) is 2.56. The Morgan fingerprint density at radius 2 is 2.00 bits per heavy atom. The third kappa shape index (κ3) is 5.90. The second-order valence-electron chi connectivity index (χ2n) is 5.51. The van der Waals surface area contributed by atoms with Gasteiger partial charge >= 0.3 is 5.97 Å². The van der Waals surface area contributed by atoms with Crippen LogP contribution in [0.25, 0.3) is 0 Å². The Labute approximate surface area is 136 Å². The predicted molar refractivity (Wildman–Crippen MR) is 86.3 cm³/mol. The maximum absolute atomic E-state index is 12.1. The monoisotopic (exact) mass is 323 g/mol. The first kappa shape index (κ1) is 19.0. The van der Waals surface area contributed by atoms with Gasteiger partial charge in [0.25, 0.3) is 0 Å². The number of carbonyl (C=O) groups is 2. The molecule has 23 heavy (non-hydrogen) atoms. The lowest BCUT2D eigenvalue weighted by Gasteiger charge is -2.22. The highest BCUT2D eigenvalue weighted by Crippen LogP contribution is 2.14. The molecule has 2 N–H and O–H groups in total. The Kier molecular flexibility index (Phi) is 7.54. The molecule has 0 saturated carbocycles. The van der Waals surface area contributed by atoms with Crippen LogP contribution in [0.4, 0.5) is 0 Å². The zero-order valence-electron chi connectivity index (χ0n) is 14.0. The van der Waals surface area contributed by atoms with Crippen molar-refractivity contribution in [3.05, 3.63) is 29.8 Å². The Hall–Kier alpha value is -2.08. The number of carboxylic acids is 1. The van der Waals surface area contributed by atoms with Crippen LogP contribution in [0, 0.1) is 5.92 Å². The molecule has 0 bridgehead atoms. The minimum absolute atomic E-state index is 0.151. The Bertz CT molecular complexity index is 531. The van der Waals surface area contributed by atoms with E-state index in [1.54, 1.807) is 21.0 Å². The summed E-state index contributed by atoms with van der Waals surface area (Å²) in [5.74, 6) is -0.902. The van der Waals surface area contributed by atoms with Crippen LogP contribution in [0.5, 0.6) is 5.75 Å². The van der Waals surface area contributed by atoms with E-state index >= 15 is 0 Å². The molecule has 0 saturated heterocycles. The number of rotatable bonds is 9. The van der Waals surface area contributed by atoms with Crippen molar-refractivity contribution in [2.75, 3.05) is 7.11 Å². The van der Waals surface area contributed by atoms with Crippen LogP contribution < -0.4 is 10.1 Å². The van der Waals surface area contributed by atoms with Crippen molar-refractivity contribution in [1.29, 1.82) is 0 Å². The standard InChI is InChI=1S/C17H25NO5/c1-5-11(2)15(17(20)21)18-16(19)12(3)23-10-13-7-6-8-14(9-13)22-4/h6-9,11-12,15H,5,10H2,1-4H3,(H,18,19)(H,20,21)/t11-,12?,15-/m0/s1. The molecule has 1 rings (SSSR count). The third-order valence-electron chi connectivity index (χ3n) is 3.78. The first-order valence-electron chi connectivity index (χ1n) is 7.66. The maximum Gasteiger partial charge on any atom is 0.326 e. The molecule has 0 aliphatic heterocycles. The quantitative estimate of drug-likeness (QED) is 0.728. The number of ether oxygens (including phenoxy) is 2. The number of hydrogen-bond donors (Lipinski definition) is 2. The Balaban J connectivity index is 2.57. The molecule has 0 fully saturated rings. The number of carbonyl (C=O) groups excluding carboxylic acids is 1. The van der Waals surface area contributed by atoms with E-state index < -0.39 is 24.0 Å². The van der Waals surface area contributed by atoms with E-state index in [4.69, 9.17) is 9.47 Å². The van der Waals surface area contributed by atoms with Gasteiger partial charge in [-0.25, -0.2) is 4.79 Å². The number of carboxylic acid groups (broad SMARTS) is 1. The van der Waals surface area contributed by atoms with Crippen molar-refractivity contribution in [1.82, 2.24) is 5.32 Å². The van der Waals surface area contributed by atoms with Crippen LogP contribution in [-0.2, 0) is 20.9 Å². The van der Waals surface area contributed by atoms with E-state index in [0.717, 1.165) is 5.56 Å². The molecule has 0 aromatic heterocycles. The summed E-state index contributed by atoms with van der Waals surface area (Å²) in [7, 11) is 1.58. The molecule has 0 spiro atoms. The lowest BCUT2D eigenvalue weighted by molar-refractivity contribution is -0.145. The molecule has 0 aliphatic carbocycles. The number of hydrogen-bond acceptors (Lipinski definition) is 4. The summed E-state index contributed by atoms with van der Waals surface area (Å²) in [6, 6.07) is 6.45. The molecule has 0 radical (unpaired) electrons. The largest absolute Gasteiger partial charge is 0.497 e. The van der Waals surface area contributed by atoms with Gasteiger partial charge in [-0.3, -0.25) is 4.79 Å². The molecule has 3 atom stereocenters. The summed E-state index contributed by atoms with van der Waals surface area (Å²) in [5.41, 5.74) is 0.876. The van der Waals surface area contributed by atoms with Gasteiger partial charge in [0.2, 0.25) is 5.91 Å². The van der Waals surface area contributed by atoms with E-state index in [0.29, 0.717) is 12.2 Å². The normalized spacial score (nSPS) is 14.6. The van der Waals surface area contributed by atoms with Crippen molar-refractivity contribution in [2.45, 2.75) is 45.9 Å². The molecule has 1 aromatic carbocycles. The van der Waals surface area contributed by atoms with Crippen molar-refractivity contribution in [2.24, 2.45) is 5.92 Å². The fraction of sp³-hybridized carbons (Fsp3) is 0.529. The predicted octanol–water partition coefficient (Wildman–Crippen LogP) is 2.22. The zero-order valence-corrected chi connectivity index (χ0v) is 14.0. The number of amides is 1. The first-order chi connectivity index (χ1) is 10.9. The minimum Gasteiger partial charge on any atom is -0.497 e. The van der Waals surface area contributed by atoms with Gasteiger partial charge in [0.1, 0.15) is 17.9 Å². The topological polar surface area (TPSA) is 84.9 Å². The second-order valence-corrected chi connectivity index (χ2v) is 5.51. The fourth-order valence-corrected chi connectivity index (χ4v) is 2.01. The van der Waals surface area contributed by atoms with Crippen molar-refractivity contribution < 1.29 is 24.2 Å². The number of benzene rings is 1. The van der Waals surface area contributed by atoms with Gasteiger partial charge < -0.3 is 19.9 Å². The molecule has 1 amide bonds. The number of aliphatic carboxylic acids is 1. The van der Waals surface area contributed by atoms with Gasteiger partial charge in [0.15, 0.2) is 0 Å². The molecule has 6 nitrogen and oxygen atoms in total. The van der Waals surface area contributed by atoms with E-state index in [1.165, 1.54) is 0 Å². The lowest BCUT2D eigenvalue weighted by Crippen LogP contribution is -2.48. The third-order valence-corrected chi connectivity index (χ3v) is 3.78. The van der Waals surface area contributed by atoms with E-state index in [9.17, 15) is 14.7 Å². The van der Waals surface area contributed by atoms with Crippen LogP contribution in [0.1, 0.15) is 32.8 Å². The highest BCUT2D eigenvalue weighted by molar-refractivity contribution is 5.86. The molecule has 0 heterocycles. The Morgan fingerprint density at radius 1 is 1.30 bits per heavy atom. The van der Waals surface area contributed by atoms with E-state index in [2.05, 4.69) is 5.32 Å². The summed E-state index contributed by atoms with van der Waals surface area (Å²) < 4.78 is 10.6. The highest BCUT2D eigenvalue weighted by Gasteiger charge is 2.27. The van der Waals surface area contributed by atoms with Crippen LogP contribution in [-0.4, -0.2) is 36.2 Å². The average molecular weight is 323 g/mol. The molecular formula is C17H25NO5. The number of nitrogens with one attached hydrogen (secondary N) is 1. The van der Waals surface area contributed by atoms with Gasteiger partial charge in [-0.1, -0.05) is 32.4 Å². The minimum atomic E-state index is -1.03. The molecule has 0 aliphatic rings. The first-order valence-corrected chi connectivity index (χ1v) is 7.66. The van der Waals surface area contributed by atoms with Crippen LogP contribution in [0.3, 0.4) is 0 Å². The van der Waals surface area contributed by atoms with Crippen molar-refractivity contribution in [3.63, 3.8) is 0 Å². The summed E-state index contributed by atoms with van der Waals surface area (Å²) in [5, 5.41) is 11.7. The molecule has 1 aromatic rings. The van der Waals surface area contributed by atoms with Crippen LogP contribution in [0.2, 0.25) is 0 Å². The van der Waals surface area contributed by atoms with Gasteiger partial charge in [-0.2, -0.15) is 0 Å². The van der Waals surface area contributed by atoms with Gasteiger partial charge in [0, 0.05) is 0 Å². The van der Waals surface area contributed by atoms with Gasteiger partial charge in [0.05, 0.1) is 13.7 Å². The van der Waals surface area contributed by atoms with Crippen LogP contribution in [0.15, 0.2) is 24.3 Å². The van der Waals surface area contributed by atoms with Crippen molar-refractivity contribution in [3.8, 4) is 5.75 Å². The van der Waals surface area contributed by atoms with E-state index in [-0.39, 0.29) is 12.5 Å². The fourth-order valence-electron chi connectivity index (χ4n) is 2.01. The maximum atomic E-state index is 12.1. The van der Waals surface area contributed by atoms with Crippen LogP contribution >= 0.6 is 0 Å². The molecule has 128 valence electrons. The lowest BCUT2D eigenvalue weighted by atomic mass is 9.99. The van der Waals surface area contributed by atoms with Gasteiger partial charge in [-0.15, -0.1) is 0 Å². The second kappa shape index (κ2) is 9.15. The Morgan fingerprint density at radius 3 is 2.57 bits per heavy atom. The summed E-state index contributed by atoms with van der Waals surface area (Å²) in [4.78, 5) is 23.3. The summed E-state index contributed by atoms with van der Waals surface area (Å²) >= 11 is 0.